The molecule has 0 spiro atoms. The van der Waals surface area contributed by atoms with Crippen molar-refractivity contribution in [2.24, 2.45) is 0 Å². The molecular formula is C12H8F4N2. The summed E-state index contributed by atoms with van der Waals surface area (Å²) in [5.41, 5.74) is -0.798. The number of rotatable bonds is 2. The van der Waals surface area contributed by atoms with Crippen molar-refractivity contribution in [2.75, 3.05) is 0 Å². The fraction of sp³-hybridized carbons (Fsp3) is 0.250. The van der Waals surface area contributed by atoms with E-state index < -0.39 is 17.7 Å². The summed E-state index contributed by atoms with van der Waals surface area (Å²) in [4.78, 5) is 2.18. The molecule has 0 amide bonds. The molecule has 1 heterocycles. The Hall–Kier alpha value is -2.03. The molecule has 0 saturated heterocycles. The van der Waals surface area contributed by atoms with Crippen molar-refractivity contribution in [3.8, 4) is 6.07 Å². The maximum atomic E-state index is 13.0. The van der Waals surface area contributed by atoms with Gasteiger partial charge in [0.25, 0.3) is 0 Å². The van der Waals surface area contributed by atoms with Gasteiger partial charge in [0, 0.05) is 17.3 Å². The van der Waals surface area contributed by atoms with Crippen LogP contribution in [-0.4, -0.2) is 4.98 Å². The number of nitrogens with zero attached hydrogens (tertiary/aromatic N) is 1. The number of nitrogens with one attached hydrogen (secondary N) is 1. The lowest BCUT2D eigenvalue weighted by Gasteiger charge is -2.06. The fourth-order valence-electron chi connectivity index (χ4n) is 1.91. The van der Waals surface area contributed by atoms with Crippen LogP contribution in [-0.2, 0) is 12.6 Å². The summed E-state index contributed by atoms with van der Waals surface area (Å²) in [5.74, 6) is -0.607. The van der Waals surface area contributed by atoms with Crippen LogP contribution in [0.5, 0.6) is 0 Å². The van der Waals surface area contributed by atoms with Gasteiger partial charge in [0.1, 0.15) is 11.5 Å². The van der Waals surface area contributed by atoms with Gasteiger partial charge in [0.15, 0.2) is 0 Å². The topological polar surface area (TPSA) is 39.6 Å². The molecule has 2 rings (SSSR count). The molecule has 0 aliphatic heterocycles. The third-order valence-electron chi connectivity index (χ3n) is 2.64. The molecule has 0 unspecified atom stereocenters. The van der Waals surface area contributed by atoms with Crippen molar-refractivity contribution >= 4 is 10.9 Å². The average molecular weight is 256 g/mol. The molecule has 0 bridgehead atoms. The van der Waals surface area contributed by atoms with Gasteiger partial charge in [-0.3, -0.25) is 0 Å². The van der Waals surface area contributed by atoms with Gasteiger partial charge < -0.3 is 4.98 Å². The van der Waals surface area contributed by atoms with Crippen molar-refractivity contribution in [2.45, 2.75) is 19.0 Å². The van der Waals surface area contributed by atoms with E-state index in [1.807, 2.05) is 0 Å². The Morgan fingerprint density at radius 3 is 2.61 bits per heavy atom. The molecule has 6 heteroatoms. The van der Waals surface area contributed by atoms with Crippen LogP contribution < -0.4 is 0 Å². The van der Waals surface area contributed by atoms with Gasteiger partial charge in [-0.25, -0.2) is 4.39 Å². The van der Waals surface area contributed by atoms with E-state index in [9.17, 15) is 17.6 Å². The Morgan fingerprint density at radius 1 is 1.28 bits per heavy atom. The standard InChI is InChI=1S/C12H8F4N2/c13-7-3-4-8-9(2-1-5-17)11(12(14,15)16)18-10(8)6-7/h3-4,6,18H,1-2H2. The lowest BCUT2D eigenvalue weighted by molar-refractivity contribution is -0.141. The smallest absolute Gasteiger partial charge is 0.351 e. The molecule has 0 radical (unpaired) electrons. The highest BCUT2D eigenvalue weighted by Gasteiger charge is 2.36. The first-order valence-electron chi connectivity index (χ1n) is 5.17. The summed E-state index contributed by atoms with van der Waals surface area (Å²) >= 11 is 0. The summed E-state index contributed by atoms with van der Waals surface area (Å²) < 4.78 is 51.4. The van der Waals surface area contributed by atoms with E-state index in [-0.39, 0.29) is 23.9 Å². The zero-order chi connectivity index (χ0) is 13.3. The Bertz CT molecular complexity index is 619. The van der Waals surface area contributed by atoms with E-state index in [2.05, 4.69) is 4.98 Å². The Kier molecular flexibility index (Phi) is 2.99. The second-order valence-electron chi connectivity index (χ2n) is 3.82. The van der Waals surface area contributed by atoms with Crippen LogP contribution in [0.3, 0.4) is 0 Å². The second-order valence-corrected chi connectivity index (χ2v) is 3.82. The van der Waals surface area contributed by atoms with Crippen molar-refractivity contribution < 1.29 is 17.6 Å². The monoisotopic (exact) mass is 256 g/mol. The molecule has 1 aromatic carbocycles. The highest BCUT2D eigenvalue weighted by molar-refractivity contribution is 5.85. The van der Waals surface area contributed by atoms with Gasteiger partial charge in [0.05, 0.1) is 6.07 Å². The highest BCUT2D eigenvalue weighted by Crippen LogP contribution is 2.36. The van der Waals surface area contributed by atoms with Crippen molar-refractivity contribution in [1.82, 2.24) is 4.98 Å². The van der Waals surface area contributed by atoms with Gasteiger partial charge in [-0.05, 0) is 30.2 Å². The van der Waals surface area contributed by atoms with Crippen LogP contribution in [0.2, 0.25) is 0 Å². The predicted octanol–water partition coefficient (Wildman–Crippen LogP) is 3.78. The molecule has 1 N–H and O–H groups in total. The lowest BCUT2D eigenvalue weighted by Crippen LogP contribution is -2.08. The quantitative estimate of drug-likeness (QED) is 0.816. The molecule has 2 nitrogen and oxygen atoms in total. The lowest BCUT2D eigenvalue weighted by atomic mass is 10.1. The van der Waals surface area contributed by atoms with E-state index in [0.29, 0.717) is 5.39 Å². The SMILES string of the molecule is N#CCCc1c(C(F)(F)F)[nH]c2cc(F)ccc12. The third-order valence-corrected chi connectivity index (χ3v) is 2.64. The molecule has 18 heavy (non-hydrogen) atoms. The minimum absolute atomic E-state index is 0.0130. The van der Waals surface area contributed by atoms with Gasteiger partial charge >= 0.3 is 6.18 Å². The van der Waals surface area contributed by atoms with Crippen LogP contribution in [0.4, 0.5) is 17.6 Å². The summed E-state index contributed by atoms with van der Waals surface area (Å²) in [6, 6.07) is 5.22. The number of nitriles is 1. The van der Waals surface area contributed by atoms with E-state index in [1.165, 1.54) is 6.07 Å². The predicted molar refractivity (Wildman–Crippen MR) is 57.2 cm³/mol. The van der Waals surface area contributed by atoms with Gasteiger partial charge in [-0.2, -0.15) is 18.4 Å². The van der Waals surface area contributed by atoms with Crippen LogP contribution in [0.25, 0.3) is 10.9 Å². The molecule has 0 aliphatic rings. The number of aromatic nitrogens is 1. The zero-order valence-corrected chi connectivity index (χ0v) is 9.11. The van der Waals surface area contributed by atoms with E-state index in [1.54, 1.807) is 6.07 Å². The average Bonchev–Trinajstić information content (AvgIpc) is 2.63. The van der Waals surface area contributed by atoms with Gasteiger partial charge in [0.2, 0.25) is 0 Å². The summed E-state index contributed by atoms with van der Waals surface area (Å²) in [5, 5.41) is 8.78. The molecule has 0 atom stereocenters. The van der Waals surface area contributed by atoms with Gasteiger partial charge in [-0.15, -0.1) is 0 Å². The fourth-order valence-corrected chi connectivity index (χ4v) is 1.91. The number of hydrogen-bond donors (Lipinski definition) is 1. The first kappa shape index (κ1) is 12.4. The molecule has 94 valence electrons. The van der Waals surface area contributed by atoms with Gasteiger partial charge in [-0.1, -0.05) is 0 Å². The van der Waals surface area contributed by atoms with Crippen LogP contribution >= 0.6 is 0 Å². The highest BCUT2D eigenvalue weighted by atomic mass is 19.4. The second kappa shape index (κ2) is 4.33. The Balaban J connectivity index is 2.65. The molecule has 2 aromatic rings. The van der Waals surface area contributed by atoms with Crippen LogP contribution in [0, 0.1) is 17.1 Å². The maximum absolute atomic E-state index is 13.0. The number of halogens is 4. The number of alkyl halides is 3. The van der Waals surface area contributed by atoms with Crippen molar-refractivity contribution in [3.05, 3.63) is 35.3 Å². The number of H-pyrrole nitrogens is 1. The van der Waals surface area contributed by atoms with Crippen LogP contribution in [0.1, 0.15) is 17.7 Å². The number of aryl methyl sites for hydroxylation is 1. The molecule has 0 aliphatic carbocycles. The van der Waals surface area contributed by atoms with Crippen molar-refractivity contribution in [1.29, 1.82) is 5.26 Å². The number of aromatic amines is 1. The molecule has 1 aromatic heterocycles. The van der Waals surface area contributed by atoms with Crippen molar-refractivity contribution in [3.63, 3.8) is 0 Å². The number of benzene rings is 1. The normalized spacial score (nSPS) is 11.7. The molecular weight excluding hydrogens is 248 g/mol. The summed E-state index contributed by atoms with van der Waals surface area (Å²) in [6.07, 6.45) is -4.58. The third kappa shape index (κ3) is 2.16. The summed E-state index contributed by atoms with van der Waals surface area (Å²) in [6.45, 7) is 0. The number of hydrogen-bond acceptors (Lipinski definition) is 1. The van der Waals surface area contributed by atoms with E-state index >= 15 is 0 Å². The molecule has 0 fully saturated rings. The maximum Gasteiger partial charge on any atom is 0.431 e. The number of fused-ring (bicyclic) bond motifs is 1. The summed E-state index contributed by atoms with van der Waals surface area (Å²) in [7, 11) is 0. The minimum atomic E-state index is -4.54. The Morgan fingerprint density at radius 2 is 2.00 bits per heavy atom. The van der Waals surface area contributed by atoms with E-state index in [4.69, 9.17) is 5.26 Å². The largest absolute Gasteiger partial charge is 0.431 e. The van der Waals surface area contributed by atoms with Crippen LogP contribution in [0.15, 0.2) is 18.2 Å². The minimum Gasteiger partial charge on any atom is -0.351 e. The first-order valence-corrected chi connectivity index (χ1v) is 5.17. The molecule has 0 saturated carbocycles. The first-order chi connectivity index (χ1) is 8.43. The zero-order valence-electron chi connectivity index (χ0n) is 9.11. The Labute approximate surface area is 99.8 Å². The van der Waals surface area contributed by atoms with E-state index in [0.717, 1.165) is 12.1 Å².